The molecule has 8 rings (SSSR count). The van der Waals surface area contributed by atoms with Crippen molar-refractivity contribution in [1.29, 1.82) is 0 Å². The highest BCUT2D eigenvalue weighted by molar-refractivity contribution is 5.88. The van der Waals surface area contributed by atoms with Gasteiger partial charge in [0.2, 0.25) is 30.4 Å². The summed E-state index contributed by atoms with van der Waals surface area (Å²) in [4.78, 5) is 39.5. The largest absolute Gasteiger partial charge is 0.504 e. The zero-order valence-corrected chi connectivity index (χ0v) is 44.7. The summed E-state index contributed by atoms with van der Waals surface area (Å²) in [6.45, 7) is -2.27. The molecule has 3 saturated heterocycles. The topological polar surface area (TPSA) is 438 Å². The first kappa shape index (κ1) is 62.0. The van der Waals surface area contributed by atoms with Crippen molar-refractivity contribution in [3.8, 4) is 80.1 Å². The van der Waals surface area contributed by atoms with E-state index in [-0.39, 0.29) is 62.9 Å². The predicted octanol–water partition coefficient (Wildman–Crippen LogP) is -1.37. The quantitative estimate of drug-likeness (QED) is 0.0316. The standard InChI is InChI=1S/C55H60O29/c1-72-31-11-22(12-32(73-2)41(31)61)5-9-39(59)76-20-37-44(64)47(67)49(69)53(83-37)78-25-16-28(58)26-18-35(81-55-50(70)46(66)43(63)36(19-56)82-55)52(79-29(26)17-25)24-7-8-27(57)30(15-24)80-54-51(71)48(68)45(65)38(84-54)21-77-40(60)10-6-23-13-33(74-3)42(62)34(14-23)75-4/h5-18,36-38,43-51,53-57,61-71H,19-21H2,1-4H3/t36-,37-,38-,43-,44-,45-,46+,47+,48+,49-,50-,51-,53-,54-,55-/m1/s1. The van der Waals surface area contributed by atoms with Crippen molar-refractivity contribution in [3.05, 3.63) is 94.2 Å². The molecule has 0 saturated carbocycles. The molecule has 5 aliphatic rings. The Balaban J connectivity index is 1.04. The van der Waals surface area contributed by atoms with E-state index in [2.05, 4.69) is 0 Å². The molecule has 0 radical (unpaired) electrons. The van der Waals surface area contributed by atoms with Gasteiger partial charge in [0.15, 0.2) is 51.4 Å². The van der Waals surface area contributed by atoms with Gasteiger partial charge in [-0.3, -0.25) is 4.79 Å². The van der Waals surface area contributed by atoms with Gasteiger partial charge in [0.1, 0.15) is 98.0 Å². The number of fused-ring (bicyclic) bond motifs is 1. The van der Waals surface area contributed by atoms with Crippen LogP contribution in [-0.2, 0) is 33.3 Å². The molecule has 29 nitrogen and oxygen atoms in total. The van der Waals surface area contributed by atoms with E-state index < -0.39 is 147 Å². The molecule has 3 fully saturated rings. The fourth-order valence-electron chi connectivity index (χ4n) is 8.89. The first-order valence-corrected chi connectivity index (χ1v) is 25.3. The Morgan fingerprint density at radius 2 is 0.929 bits per heavy atom. The number of rotatable bonds is 20. The number of hydrogen-bond donors (Lipinski definition) is 13. The molecule has 29 heteroatoms. The lowest BCUT2D eigenvalue weighted by Gasteiger charge is -2.40. The van der Waals surface area contributed by atoms with Crippen molar-refractivity contribution < 1.29 is 137 Å². The van der Waals surface area contributed by atoms with E-state index >= 15 is 0 Å². The van der Waals surface area contributed by atoms with Gasteiger partial charge in [-0.15, -0.1) is 0 Å². The number of ether oxygens (including phenoxy) is 12. The maximum atomic E-state index is 13.9. The van der Waals surface area contributed by atoms with Gasteiger partial charge in [-0.05, 0) is 71.8 Å². The van der Waals surface area contributed by atoms with E-state index in [1.807, 2.05) is 0 Å². The summed E-state index contributed by atoms with van der Waals surface area (Å²) < 4.78 is 71.9. The van der Waals surface area contributed by atoms with Gasteiger partial charge in [0, 0.05) is 29.8 Å². The van der Waals surface area contributed by atoms with Gasteiger partial charge < -0.3 is 128 Å². The highest BCUT2D eigenvalue weighted by Gasteiger charge is 2.48. The summed E-state index contributed by atoms with van der Waals surface area (Å²) in [7, 11) is 5.23. The number of aliphatic hydroxyl groups excluding tert-OH is 10. The number of aromatic hydroxyl groups is 3. The average Bonchev–Trinajstić information content (AvgIpc) is 2.27. The third kappa shape index (κ3) is 13.5. The van der Waals surface area contributed by atoms with Gasteiger partial charge in [0.05, 0.1) is 40.6 Å². The first-order valence-electron chi connectivity index (χ1n) is 25.3. The summed E-state index contributed by atoms with van der Waals surface area (Å²) in [5, 5.41) is 139. The lowest BCUT2D eigenvalue weighted by atomic mass is 9.99. The second kappa shape index (κ2) is 26.7. The Bertz CT molecular complexity index is 3160. The number of carbonyl (C=O) groups is 2. The molecule has 0 amide bonds. The van der Waals surface area contributed by atoms with Crippen LogP contribution in [-0.4, -0.2) is 219 Å². The first-order chi connectivity index (χ1) is 40.1. The highest BCUT2D eigenvalue weighted by Crippen LogP contribution is 2.44. The highest BCUT2D eigenvalue weighted by atomic mass is 16.7. The maximum Gasteiger partial charge on any atom is 0.330 e. The fraction of sp³-hybridized carbons (Fsp3) is 0.400. The average molecular weight is 1190 g/mol. The summed E-state index contributed by atoms with van der Waals surface area (Å²) >= 11 is 0. The monoisotopic (exact) mass is 1180 g/mol. The molecule has 0 aromatic heterocycles. The number of carbonyl (C=O) groups excluding carboxylic acids is 2. The normalized spacial score (nSPS) is 28.0. The van der Waals surface area contributed by atoms with E-state index in [9.17, 15) is 80.8 Å². The molecule has 13 N–H and O–H groups in total. The summed E-state index contributed by atoms with van der Waals surface area (Å²) in [5.74, 6) is -4.92. The van der Waals surface area contributed by atoms with Crippen LogP contribution in [0.4, 0.5) is 0 Å². The van der Waals surface area contributed by atoms with Crippen molar-refractivity contribution in [2.45, 2.75) is 92.1 Å². The molecule has 15 atom stereocenters. The number of phenolic OH excluding ortho intramolecular Hbond substituents is 3. The van der Waals surface area contributed by atoms with Crippen molar-refractivity contribution >= 4 is 24.1 Å². The second-order valence-electron chi connectivity index (χ2n) is 19.0. The Kier molecular flexibility index (Phi) is 19.7. The van der Waals surface area contributed by atoms with Crippen LogP contribution in [0.2, 0.25) is 0 Å². The lowest BCUT2D eigenvalue weighted by molar-refractivity contribution is -0.278. The molecule has 4 heterocycles. The lowest BCUT2D eigenvalue weighted by Crippen LogP contribution is -2.60. The fourth-order valence-corrected chi connectivity index (χ4v) is 8.89. The molecule has 0 bridgehead atoms. The number of methoxy groups -OCH3 is 4. The van der Waals surface area contributed by atoms with Crippen LogP contribution in [0.5, 0.6) is 57.5 Å². The van der Waals surface area contributed by atoms with Crippen molar-refractivity contribution in [2.24, 2.45) is 0 Å². The second-order valence-corrected chi connectivity index (χ2v) is 19.0. The van der Waals surface area contributed by atoms with Crippen molar-refractivity contribution in [2.75, 3.05) is 48.3 Å². The van der Waals surface area contributed by atoms with Crippen LogP contribution in [0.3, 0.4) is 0 Å². The van der Waals surface area contributed by atoms with E-state index in [0.717, 1.165) is 42.5 Å². The minimum Gasteiger partial charge on any atom is -0.504 e. The molecule has 0 unspecified atom stereocenters. The van der Waals surface area contributed by atoms with E-state index in [4.69, 9.17) is 61.3 Å². The van der Waals surface area contributed by atoms with E-state index in [1.54, 1.807) is 0 Å². The zero-order valence-electron chi connectivity index (χ0n) is 44.7. The summed E-state index contributed by atoms with van der Waals surface area (Å²) in [6.07, 6.45) is -23.0. The molecule has 4 aliphatic heterocycles. The molecule has 3 aromatic rings. The Hall–Kier alpha value is -8.01. The number of aliphatic hydroxyl groups is 10. The van der Waals surface area contributed by atoms with Gasteiger partial charge in [0.25, 0.3) is 0 Å². The van der Waals surface area contributed by atoms with Crippen LogP contribution >= 0.6 is 0 Å². The van der Waals surface area contributed by atoms with Crippen LogP contribution < -0.4 is 38.6 Å². The van der Waals surface area contributed by atoms with Gasteiger partial charge in [-0.25, -0.2) is 9.59 Å². The minimum absolute atomic E-state index is 0.0426. The third-order valence-corrected chi connectivity index (χ3v) is 13.5. The molecular formula is C55H60O29. The minimum atomic E-state index is -2.02. The SMILES string of the molecule is COc1cc(C=CC(=O)OC[C@H]2O[C@@H](Oc3cc4oc(-c5ccc(O)c(O[C@@H]6O[C@H](COC(=O)C=Cc7cc(OC)c(O)c(OC)c7)[C@@H](O)[C@H](O)[C@H]6O)c5)c(O[C@@H]5O[C@H](CO)[C@@H](O)[C@H](O)[C@H]5O)cc-4c(=O)c3)[C@H](O)[C@@H](O)[C@@H]2O)cc(OC)c1O. The predicted molar refractivity (Wildman–Crippen MR) is 280 cm³/mol. The van der Waals surface area contributed by atoms with Gasteiger partial charge in [-0.2, -0.15) is 0 Å². The van der Waals surface area contributed by atoms with Crippen LogP contribution in [0, 0.1) is 0 Å². The summed E-state index contributed by atoms with van der Waals surface area (Å²) in [6, 6.07) is 12.1. The maximum absolute atomic E-state index is 13.9. The van der Waals surface area contributed by atoms with Gasteiger partial charge >= 0.3 is 11.9 Å². The number of hydrogen-bond acceptors (Lipinski definition) is 29. The molecular weight excluding hydrogens is 1120 g/mol. The molecule has 1 aliphatic carbocycles. The van der Waals surface area contributed by atoms with E-state index in [1.165, 1.54) is 70.9 Å². The van der Waals surface area contributed by atoms with Crippen molar-refractivity contribution in [3.63, 3.8) is 0 Å². The molecule has 3 aromatic carbocycles. The zero-order chi connectivity index (χ0) is 60.8. The Labute approximate surface area is 474 Å². The number of benzene rings is 4. The van der Waals surface area contributed by atoms with Crippen LogP contribution in [0.1, 0.15) is 11.1 Å². The van der Waals surface area contributed by atoms with Crippen LogP contribution in [0.15, 0.2) is 82.0 Å². The Morgan fingerprint density at radius 3 is 1.38 bits per heavy atom. The molecule has 84 heavy (non-hydrogen) atoms. The smallest absolute Gasteiger partial charge is 0.330 e. The molecule has 0 spiro atoms. The Morgan fingerprint density at radius 1 is 0.500 bits per heavy atom. The number of esters is 2. The number of phenols is 3. The third-order valence-electron chi connectivity index (χ3n) is 13.5. The van der Waals surface area contributed by atoms with Gasteiger partial charge in [-0.1, -0.05) is 0 Å². The summed E-state index contributed by atoms with van der Waals surface area (Å²) in [5.41, 5.74) is -0.521. The molecule has 454 valence electrons. The van der Waals surface area contributed by atoms with E-state index in [0.29, 0.717) is 11.1 Å². The van der Waals surface area contributed by atoms with Crippen molar-refractivity contribution in [1.82, 2.24) is 0 Å². The van der Waals surface area contributed by atoms with Crippen LogP contribution in [0.25, 0.3) is 34.8 Å².